The number of halogens is 3. The van der Waals surface area contributed by atoms with Gasteiger partial charge in [0.1, 0.15) is 10.6 Å². The number of hydrogen-bond acceptors (Lipinski definition) is 5. The van der Waals surface area contributed by atoms with Crippen LogP contribution < -0.4 is 4.18 Å². The van der Waals surface area contributed by atoms with Crippen molar-refractivity contribution in [2.24, 2.45) is 5.92 Å². The van der Waals surface area contributed by atoms with E-state index in [0.717, 1.165) is 23.8 Å². The lowest BCUT2D eigenvalue weighted by molar-refractivity contribution is -0.137. The Kier molecular flexibility index (Phi) is 8.68. The summed E-state index contributed by atoms with van der Waals surface area (Å²) in [6, 6.07) is 9.32. The molecule has 0 fully saturated rings. The quantitative estimate of drug-likeness (QED) is 0.476. The van der Waals surface area contributed by atoms with E-state index in [1.54, 1.807) is 24.1 Å². The fourth-order valence-electron chi connectivity index (χ4n) is 2.85. The van der Waals surface area contributed by atoms with E-state index in [-0.39, 0.29) is 17.6 Å². The van der Waals surface area contributed by atoms with Crippen molar-refractivity contribution < 1.29 is 35.3 Å². The first-order chi connectivity index (χ1) is 14.9. The predicted octanol–water partition coefficient (Wildman–Crippen LogP) is 4.49. The molecule has 2 rings (SSSR count). The van der Waals surface area contributed by atoms with E-state index < -0.39 is 26.8 Å². The van der Waals surface area contributed by atoms with Crippen LogP contribution in [-0.4, -0.2) is 39.5 Å². The monoisotopic (exact) mass is 473 g/mol. The fraction of sp³-hybridized carbons (Fsp3) is 0.409. The van der Waals surface area contributed by atoms with Gasteiger partial charge in [-0.1, -0.05) is 32.0 Å². The second-order valence-corrected chi connectivity index (χ2v) is 9.16. The smallest absolute Gasteiger partial charge is 0.383 e. The Hall–Kier alpha value is -2.59. The van der Waals surface area contributed by atoms with Gasteiger partial charge < -0.3 is 13.8 Å². The van der Waals surface area contributed by atoms with Gasteiger partial charge >= 0.3 is 16.3 Å². The number of rotatable bonds is 10. The van der Waals surface area contributed by atoms with E-state index >= 15 is 0 Å². The Labute approximate surface area is 186 Å². The van der Waals surface area contributed by atoms with Gasteiger partial charge in [0, 0.05) is 26.6 Å². The number of alkyl halides is 3. The predicted molar refractivity (Wildman–Crippen MR) is 112 cm³/mol. The van der Waals surface area contributed by atoms with Crippen LogP contribution in [0, 0.1) is 5.92 Å². The number of nitrogens with zero attached hydrogens (tertiary/aromatic N) is 1. The maximum absolute atomic E-state index is 12.9. The van der Waals surface area contributed by atoms with Crippen molar-refractivity contribution in [2.75, 3.05) is 20.3 Å². The van der Waals surface area contributed by atoms with Crippen molar-refractivity contribution in [3.63, 3.8) is 0 Å². The Morgan fingerprint density at radius 1 is 1.09 bits per heavy atom. The van der Waals surface area contributed by atoms with Crippen LogP contribution in [0.25, 0.3) is 0 Å². The maximum Gasteiger partial charge on any atom is 0.416 e. The van der Waals surface area contributed by atoms with E-state index in [2.05, 4.69) is 0 Å². The van der Waals surface area contributed by atoms with Crippen LogP contribution in [0.2, 0.25) is 0 Å². The van der Waals surface area contributed by atoms with Crippen LogP contribution in [0.5, 0.6) is 5.75 Å². The molecule has 0 saturated heterocycles. The van der Waals surface area contributed by atoms with Gasteiger partial charge in [-0.25, -0.2) is 0 Å². The average Bonchev–Trinajstić information content (AvgIpc) is 2.71. The zero-order valence-electron chi connectivity index (χ0n) is 18.1. The minimum atomic E-state index is -4.67. The second kappa shape index (κ2) is 10.8. The molecule has 32 heavy (non-hydrogen) atoms. The van der Waals surface area contributed by atoms with Crippen molar-refractivity contribution in [3.8, 4) is 5.75 Å². The summed E-state index contributed by atoms with van der Waals surface area (Å²) < 4.78 is 73.4. The SMILES string of the molecule is COCCN(Cc1ccc(OS(=O)(=O)c2cccc(C(F)(F)F)c2)cc1)C(=O)CC(C)C. The standard InChI is InChI=1S/C22H26F3NO5S/c1-16(2)13-21(27)26(11-12-30-3)15-17-7-9-19(10-8-17)31-32(28,29)20-6-4-5-18(14-20)22(23,24)25/h4-10,14,16H,11-13,15H2,1-3H3. The van der Waals surface area contributed by atoms with Crippen LogP contribution >= 0.6 is 0 Å². The van der Waals surface area contributed by atoms with Gasteiger partial charge in [0.25, 0.3) is 0 Å². The Morgan fingerprint density at radius 3 is 2.31 bits per heavy atom. The van der Waals surface area contributed by atoms with Gasteiger partial charge in [0.15, 0.2) is 0 Å². The molecule has 10 heteroatoms. The number of methoxy groups -OCH3 is 1. The first kappa shape index (κ1) is 25.7. The lowest BCUT2D eigenvalue weighted by Crippen LogP contribution is -2.34. The molecule has 176 valence electrons. The molecule has 0 spiro atoms. The first-order valence-corrected chi connectivity index (χ1v) is 11.3. The molecule has 0 saturated carbocycles. The number of carbonyl (C=O) groups is 1. The molecular weight excluding hydrogens is 447 g/mol. The molecule has 0 N–H and O–H groups in total. The molecule has 1 amide bonds. The minimum Gasteiger partial charge on any atom is -0.383 e. The van der Waals surface area contributed by atoms with Gasteiger partial charge in [0.2, 0.25) is 5.91 Å². The van der Waals surface area contributed by atoms with Crippen molar-refractivity contribution in [2.45, 2.75) is 37.9 Å². The molecule has 6 nitrogen and oxygen atoms in total. The number of carbonyl (C=O) groups excluding carboxylic acids is 1. The molecule has 0 unspecified atom stereocenters. The molecule has 2 aromatic carbocycles. The third kappa shape index (κ3) is 7.52. The van der Waals surface area contributed by atoms with E-state index in [0.29, 0.717) is 32.2 Å². The highest BCUT2D eigenvalue weighted by Gasteiger charge is 2.32. The minimum absolute atomic E-state index is 0.0236. The highest BCUT2D eigenvalue weighted by Crippen LogP contribution is 2.31. The normalized spacial score (nSPS) is 12.1. The fourth-order valence-corrected chi connectivity index (χ4v) is 3.82. The zero-order valence-corrected chi connectivity index (χ0v) is 18.9. The van der Waals surface area contributed by atoms with Crippen LogP contribution in [0.1, 0.15) is 31.4 Å². The van der Waals surface area contributed by atoms with Crippen LogP contribution in [0.4, 0.5) is 13.2 Å². The van der Waals surface area contributed by atoms with Gasteiger partial charge in [0.05, 0.1) is 12.2 Å². The lowest BCUT2D eigenvalue weighted by atomic mass is 10.1. The third-order valence-electron chi connectivity index (χ3n) is 4.45. The summed E-state index contributed by atoms with van der Waals surface area (Å²) in [5.41, 5.74) is -0.346. The van der Waals surface area contributed by atoms with E-state index in [4.69, 9.17) is 8.92 Å². The summed E-state index contributed by atoms with van der Waals surface area (Å²) in [6.45, 7) is 4.98. The molecule has 0 heterocycles. The Morgan fingerprint density at radius 2 is 1.75 bits per heavy atom. The second-order valence-electron chi connectivity index (χ2n) is 7.61. The molecule has 0 radical (unpaired) electrons. The largest absolute Gasteiger partial charge is 0.416 e. The summed E-state index contributed by atoms with van der Waals surface area (Å²) >= 11 is 0. The van der Waals surface area contributed by atoms with Crippen molar-refractivity contribution >= 4 is 16.0 Å². The molecule has 0 atom stereocenters. The molecule has 0 aliphatic carbocycles. The summed E-state index contributed by atoms with van der Waals surface area (Å²) in [5.74, 6) is 0.122. The van der Waals surface area contributed by atoms with Gasteiger partial charge in [-0.15, -0.1) is 0 Å². The first-order valence-electron chi connectivity index (χ1n) is 9.90. The van der Waals surface area contributed by atoms with Gasteiger partial charge in [-0.05, 0) is 41.8 Å². The molecule has 0 aliphatic rings. The highest BCUT2D eigenvalue weighted by atomic mass is 32.2. The molecule has 0 aliphatic heterocycles. The van der Waals surface area contributed by atoms with Gasteiger partial charge in [-0.2, -0.15) is 21.6 Å². The molecular formula is C22H26F3NO5S. The summed E-state index contributed by atoms with van der Waals surface area (Å²) in [4.78, 5) is 13.5. The van der Waals surface area contributed by atoms with Crippen molar-refractivity contribution in [1.29, 1.82) is 0 Å². The molecule has 0 aromatic heterocycles. The van der Waals surface area contributed by atoms with Gasteiger partial charge in [-0.3, -0.25) is 4.79 Å². The number of hydrogen-bond donors (Lipinski definition) is 0. The number of amides is 1. The van der Waals surface area contributed by atoms with E-state index in [9.17, 15) is 26.4 Å². The lowest BCUT2D eigenvalue weighted by Gasteiger charge is -2.23. The van der Waals surface area contributed by atoms with Crippen LogP contribution in [0.15, 0.2) is 53.4 Å². The zero-order chi connectivity index (χ0) is 23.9. The van der Waals surface area contributed by atoms with E-state index in [1.807, 2.05) is 13.8 Å². The third-order valence-corrected chi connectivity index (χ3v) is 5.70. The van der Waals surface area contributed by atoms with Crippen molar-refractivity contribution in [3.05, 3.63) is 59.7 Å². The van der Waals surface area contributed by atoms with E-state index in [1.165, 1.54) is 12.1 Å². The van der Waals surface area contributed by atoms with Crippen LogP contribution in [0.3, 0.4) is 0 Å². The maximum atomic E-state index is 12.9. The topological polar surface area (TPSA) is 72.9 Å². The number of ether oxygens (including phenoxy) is 1. The Bertz CT molecular complexity index is 1000. The number of benzene rings is 2. The van der Waals surface area contributed by atoms with Crippen LogP contribution in [-0.2, 0) is 32.4 Å². The Balaban J connectivity index is 2.13. The molecule has 2 aromatic rings. The summed E-state index contributed by atoms with van der Waals surface area (Å²) in [5, 5.41) is 0. The molecule has 0 bridgehead atoms. The highest BCUT2D eigenvalue weighted by molar-refractivity contribution is 7.87. The van der Waals surface area contributed by atoms with Crippen molar-refractivity contribution in [1.82, 2.24) is 4.90 Å². The summed E-state index contributed by atoms with van der Waals surface area (Å²) in [7, 11) is -2.91. The average molecular weight is 474 g/mol. The summed E-state index contributed by atoms with van der Waals surface area (Å²) in [6.07, 6.45) is -4.28.